The number of pyridine rings is 1. The molecular weight excluding hydrogens is 461 g/mol. The molecule has 3 rings (SSSR count). The smallest absolute Gasteiger partial charge is 0.333 e. The molecule has 1 atom stereocenters. The maximum Gasteiger partial charge on any atom is 0.333 e. The van der Waals surface area contributed by atoms with Crippen LogP contribution in [0.4, 0.5) is 10.5 Å². The van der Waals surface area contributed by atoms with Gasteiger partial charge in [0.1, 0.15) is 12.7 Å². The van der Waals surface area contributed by atoms with Crippen LogP contribution in [0.1, 0.15) is 50.8 Å². The van der Waals surface area contributed by atoms with Crippen molar-refractivity contribution in [3.05, 3.63) is 23.5 Å². The number of nitrogens with zero attached hydrogens (tertiary/aromatic N) is 3. The van der Waals surface area contributed by atoms with Gasteiger partial charge in [-0.05, 0) is 17.4 Å². The molecule has 1 radical (unpaired) electrons. The first-order valence-electron chi connectivity index (χ1n) is 10.2. The Morgan fingerprint density at radius 2 is 1.94 bits per heavy atom. The van der Waals surface area contributed by atoms with Crippen molar-refractivity contribution in [2.24, 2.45) is 0 Å². The standard InChI is InChI=1S/C20H29N5O6S.Na/c1-11(2)14-7-16(30-6)22-17(12(3)4)18(14)23-20(26)24-32(27,28)15-8-21-25-9-13(29-5)10-31-19(15)25;/h7-8,11-13H,9-10H2,1-6H3,(H2,23,24,26);/t13-;/m0./s1. The van der Waals surface area contributed by atoms with Crippen molar-refractivity contribution in [2.75, 3.05) is 26.1 Å². The first-order valence-corrected chi connectivity index (χ1v) is 11.7. The molecule has 1 aliphatic rings. The van der Waals surface area contributed by atoms with Gasteiger partial charge >= 0.3 is 6.03 Å². The molecule has 11 nitrogen and oxygen atoms in total. The Morgan fingerprint density at radius 3 is 2.52 bits per heavy atom. The van der Waals surface area contributed by atoms with Gasteiger partial charge < -0.3 is 19.5 Å². The van der Waals surface area contributed by atoms with Crippen LogP contribution in [0.15, 0.2) is 17.2 Å². The van der Waals surface area contributed by atoms with Crippen LogP contribution >= 0.6 is 0 Å². The number of aromatic nitrogens is 3. The average Bonchev–Trinajstić information content (AvgIpc) is 3.17. The number of nitrogens with one attached hydrogen (secondary N) is 2. The summed E-state index contributed by atoms with van der Waals surface area (Å²) in [5.41, 5.74) is 1.84. The van der Waals surface area contributed by atoms with Gasteiger partial charge in [0.15, 0.2) is 4.90 Å². The third-order valence-electron chi connectivity index (χ3n) is 5.06. The molecule has 0 saturated carbocycles. The zero-order valence-electron chi connectivity index (χ0n) is 20.0. The van der Waals surface area contributed by atoms with E-state index in [-0.39, 0.29) is 64.9 Å². The Hall–Kier alpha value is -1.86. The summed E-state index contributed by atoms with van der Waals surface area (Å²) in [6.07, 6.45) is 0.914. The number of sulfonamides is 1. The zero-order chi connectivity index (χ0) is 23.6. The van der Waals surface area contributed by atoms with E-state index in [2.05, 4.69) is 15.4 Å². The summed E-state index contributed by atoms with van der Waals surface area (Å²) in [5, 5.41) is 6.72. The Morgan fingerprint density at radius 1 is 1.24 bits per heavy atom. The molecule has 13 heteroatoms. The first-order chi connectivity index (χ1) is 15.1. The zero-order valence-corrected chi connectivity index (χ0v) is 22.8. The average molecular weight is 491 g/mol. The molecule has 0 spiro atoms. The number of amides is 2. The molecule has 33 heavy (non-hydrogen) atoms. The molecule has 0 aromatic carbocycles. The molecular formula is C20H29N5NaO6S. The van der Waals surface area contributed by atoms with Gasteiger partial charge in [0, 0.05) is 42.7 Å². The number of rotatable bonds is 7. The Kier molecular flexibility index (Phi) is 9.16. The summed E-state index contributed by atoms with van der Waals surface area (Å²) in [6.45, 7) is 8.31. The largest absolute Gasteiger partial charge is 0.481 e. The molecule has 0 unspecified atom stereocenters. The van der Waals surface area contributed by atoms with Crippen molar-refractivity contribution in [1.29, 1.82) is 0 Å². The summed E-state index contributed by atoms with van der Waals surface area (Å²) >= 11 is 0. The van der Waals surface area contributed by atoms with Gasteiger partial charge in [-0.2, -0.15) is 5.10 Å². The van der Waals surface area contributed by atoms with Crippen LogP contribution in [0.25, 0.3) is 0 Å². The second kappa shape index (κ2) is 11.0. The number of ether oxygens (including phenoxy) is 3. The normalized spacial score (nSPS) is 15.5. The van der Waals surface area contributed by atoms with Crippen LogP contribution in [0.3, 0.4) is 0 Å². The van der Waals surface area contributed by atoms with Crippen molar-refractivity contribution >= 4 is 51.3 Å². The number of anilines is 1. The fraction of sp³-hybridized carbons (Fsp3) is 0.550. The van der Waals surface area contributed by atoms with E-state index >= 15 is 0 Å². The third-order valence-corrected chi connectivity index (χ3v) is 6.38. The number of hydrogen-bond donors (Lipinski definition) is 2. The Bertz CT molecular complexity index is 1070. The van der Waals surface area contributed by atoms with E-state index in [0.717, 1.165) is 11.8 Å². The van der Waals surface area contributed by atoms with Crippen molar-refractivity contribution < 1.29 is 27.4 Å². The minimum atomic E-state index is -4.24. The third kappa shape index (κ3) is 5.99. The Balaban J connectivity index is 0.00000385. The summed E-state index contributed by atoms with van der Waals surface area (Å²) in [6, 6.07) is 0.820. The number of urea groups is 1. The van der Waals surface area contributed by atoms with E-state index in [1.165, 1.54) is 18.9 Å². The van der Waals surface area contributed by atoms with Gasteiger partial charge in [-0.1, -0.05) is 27.7 Å². The van der Waals surface area contributed by atoms with Crippen LogP contribution in [0.2, 0.25) is 0 Å². The second-order valence-electron chi connectivity index (χ2n) is 8.05. The molecule has 1 aliphatic heterocycles. The summed E-state index contributed by atoms with van der Waals surface area (Å²) in [5.74, 6) is 0.477. The van der Waals surface area contributed by atoms with E-state index < -0.39 is 16.1 Å². The van der Waals surface area contributed by atoms with Crippen LogP contribution in [0.5, 0.6) is 11.8 Å². The fourth-order valence-electron chi connectivity index (χ4n) is 3.37. The van der Waals surface area contributed by atoms with E-state index in [1.807, 2.05) is 32.4 Å². The molecule has 3 heterocycles. The number of carbonyl (C=O) groups is 1. The fourth-order valence-corrected chi connectivity index (χ4v) is 4.35. The molecule has 2 amide bonds. The summed E-state index contributed by atoms with van der Waals surface area (Å²) < 4.78 is 45.2. The minimum absolute atomic E-state index is 0. The molecule has 2 aromatic heterocycles. The van der Waals surface area contributed by atoms with E-state index in [1.54, 1.807) is 6.07 Å². The molecule has 177 valence electrons. The van der Waals surface area contributed by atoms with Crippen LogP contribution in [-0.2, 0) is 21.3 Å². The van der Waals surface area contributed by atoms with Gasteiger partial charge in [-0.15, -0.1) is 0 Å². The van der Waals surface area contributed by atoms with Crippen molar-refractivity contribution in [2.45, 2.75) is 57.1 Å². The maximum atomic E-state index is 12.9. The number of methoxy groups -OCH3 is 2. The summed E-state index contributed by atoms with van der Waals surface area (Å²) in [7, 11) is -1.18. The van der Waals surface area contributed by atoms with Gasteiger partial charge in [-0.3, -0.25) is 0 Å². The van der Waals surface area contributed by atoms with Crippen molar-refractivity contribution in [1.82, 2.24) is 19.5 Å². The molecule has 0 bridgehead atoms. The predicted octanol–water partition coefficient (Wildman–Crippen LogP) is 2.07. The summed E-state index contributed by atoms with van der Waals surface area (Å²) in [4.78, 5) is 17.0. The van der Waals surface area contributed by atoms with Gasteiger partial charge in [0.05, 0.1) is 31.2 Å². The van der Waals surface area contributed by atoms with Crippen LogP contribution in [0, 0.1) is 0 Å². The Labute approximate surface area is 215 Å². The van der Waals surface area contributed by atoms with Crippen molar-refractivity contribution in [3.8, 4) is 11.8 Å². The topological polar surface area (TPSA) is 134 Å². The van der Waals surface area contributed by atoms with Crippen molar-refractivity contribution in [3.63, 3.8) is 0 Å². The number of carbonyl (C=O) groups excluding carboxylic acids is 1. The van der Waals surface area contributed by atoms with Crippen LogP contribution in [-0.4, -0.2) is 85.7 Å². The van der Waals surface area contributed by atoms with Gasteiger partial charge in [0.2, 0.25) is 11.8 Å². The molecule has 0 saturated heterocycles. The number of fused-ring (bicyclic) bond motifs is 1. The quantitative estimate of drug-likeness (QED) is 0.564. The number of hydrogen-bond acceptors (Lipinski definition) is 8. The maximum absolute atomic E-state index is 12.9. The predicted molar refractivity (Wildman–Crippen MR) is 123 cm³/mol. The SMILES string of the molecule is COc1cc(C(C)C)c(NC(=O)NS(=O)(=O)c2cnn3c2OC[C@@H](OC)C3)c(C(C)C)n1.[Na]. The monoisotopic (exact) mass is 490 g/mol. The van der Waals surface area contributed by atoms with E-state index in [0.29, 0.717) is 23.8 Å². The van der Waals surface area contributed by atoms with Crippen LogP contribution < -0.4 is 19.5 Å². The molecule has 0 aliphatic carbocycles. The molecule has 2 aromatic rings. The second-order valence-corrected chi connectivity index (χ2v) is 9.70. The first kappa shape index (κ1) is 27.4. The van der Waals surface area contributed by atoms with Gasteiger partial charge in [-0.25, -0.2) is 27.6 Å². The van der Waals surface area contributed by atoms with E-state index in [4.69, 9.17) is 14.2 Å². The van der Waals surface area contributed by atoms with E-state index in [9.17, 15) is 13.2 Å². The van der Waals surface area contributed by atoms with Gasteiger partial charge in [0.25, 0.3) is 10.0 Å². The molecule has 0 fully saturated rings. The minimum Gasteiger partial charge on any atom is -0.481 e. The molecule has 2 N–H and O–H groups in total.